The summed E-state index contributed by atoms with van der Waals surface area (Å²) in [4.78, 5) is 29.4. The average Bonchev–Trinajstić information content (AvgIpc) is 3.03. The highest BCUT2D eigenvalue weighted by Crippen LogP contribution is 2.29. The van der Waals surface area contributed by atoms with Gasteiger partial charge in [-0.25, -0.2) is 4.90 Å². The van der Waals surface area contributed by atoms with Crippen LogP contribution in [-0.4, -0.2) is 22.8 Å². The van der Waals surface area contributed by atoms with Gasteiger partial charge in [-0.2, -0.15) is 0 Å². The molecule has 4 rings (SSSR count). The van der Waals surface area contributed by atoms with E-state index in [-0.39, 0.29) is 18.2 Å². The van der Waals surface area contributed by atoms with Crippen molar-refractivity contribution in [2.24, 2.45) is 0 Å². The fraction of sp³-hybridized carbons (Fsp3) is 0.167. The Morgan fingerprint density at radius 2 is 1.41 bits per heavy atom. The van der Waals surface area contributed by atoms with E-state index in [0.717, 1.165) is 11.1 Å². The van der Waals surface area contributed by atoms with E-state index >= 15 is 0 Å². The van der Waals surface area contributed by atoms with Gasteiger partial charge in [0.1, 0.15) is 0 Å². The van der Waals surface area contributed by atoms with Crippen molar-refractivity contribution in [3.63, 3.8) is 0 Å². The van der Waals surface area contributed by atoms with Crippen molar-refractivity contribution >= 4 is 29.1 Å². The number of hydrogen-bond acceptors (Lipinski definition) is 3. The third-order valence-electron chi connectivity index (χ3n) is 5.09. The molecule has 0 unspecified atom stereocenters. The standard InChI is InChI=1S/C24H21ClN2O2/c25-20-12-7-13-21(14-20)27-23(28)15-22(24(27)29)26(16-18-8-3-1-4-9-18)17-19-10-5-2-6-11-19/h1-14,22H,15-17H2/t22-/m0/s1. The minimum absolute atomic E-state index is 0.158. The summed E-state index contributed by atoms with van der Waals surface area (Å²) in [5, 5.41) is 0.497. The van der Waals surface area contributed by atoms with Crippen LogP contribution in [0.25, 0.3) is 0 Å². The topological polar surface area (TPSA) is 40.6 Å². The lowest BCUT2D eigenvalue weighted by Crippen LogP contribution is -2.41. The molecule has 0 spiro atoms. The Labute approximate surface area is 175 Å². The molecule has 4 nitrogen and oxygen atoms in total. The van der Waals surface area contributed by atoms with Crippen LogP contribution in [0.2, 0.25) is 5.02 Å². The van der Waals surface area contributed by atoms with Crippen molar-refractivity contribution in [1.82, 2.24) is 4.90 Å². The van der Waals surface area contributed by atoms with Gasteiger partial charge in [0.15, 0.2) is 0 Å². The summed E-state index contributed by atoms with van der Waals surface area (Å²) in [5.74, 6) is -0.405. The van der Waals surface area contributed by atoms with E-state index in [1.54, 1.807) is 24.3 Å². The van der Waals surface area contributed by atoms with Crippen LogP contribution in [0.4, 0.5) is 5.69 Å². The summed E-state index contributed by atoms with van der Waals surface area (Å²) in [5.41, 5.74) is 2.73. The second kappa shape index (κ2) is 8.60. The van der Waals surface area contributed by atoms with Crippen molar-refractivity contribution in [2.75, 3.05) is 4.90 Å². The normalized spacial score (nSPS) is 16.6. The molecule has 0 N–H and O–H groups in total. The zero-order valence-corrected chi connectivity index (χ0v) is 16.6. The number of imide groups is 1. The number of nitrogens with zero attached hydrogens (tertiary/aromatic N) is 2. The van der Waals surface area contributed by atoms with Crippen molar-refractivity contribution < 1.29 is 9.59 Å². The first-order valence-electron chi connectivity index (χ1n) is 9.56. The number of halogens is 1. The molecule has 0 aromatic heterocycles. The van der Waals surface area contributed by atoms with Crippen molar-refractivity contribution in [1.29, 1.82) is 0 Å². The van der Waals surface area contributed by atoms with Crippen LogP contribution in [0.15, 0.2) is 84.9 Å². The molecule has 0 bridgehead atoms. The summed E-state index contributed by atoms with van der Waals surface area (Å²) in [6.45, 7) is 1.17. The van der Waals surface area contributed by atoms with Crippen LogP contribution in [0.3, 0.4) is 0 Å². The molecule has 3 aromatic carbocycles. The van der Waals surface area contributed by atoms with Crippen LogP contribution in [-0.2, 0) is 22.7 Å². The fourth-order valence-corrected chi connectivity index (χ4v) is 3.88. The lowest BCUT2D eigenvalue weighted by molar-refractivity contribution is -0.123. The Morgan fingerprint density at radius 1 is 0.828 bits per heavy atom. The molecular formula is C24H21ClN2O2. The van der Waals surface area contributed by atoms with Gasteiger partial charge in [0, 0.05) is 18.1 Å². The van der Waals surface area contributed by atoms with E-state index < -0.39 is 6.04 Å². The van der Waals surface area contributed by atoms with Crippen LogP contribution >= 0.6 is 11.6 Å². The van der Waals surface area contributed by atoms with E-state index in [9.17, 15) is 9.59 Å². The number of carbonyl (C=O) groups excluding carboxylic acids is 2. The second-order valence-corrected chi connectivity index (χ2v) is 7.58. The van der Waals surface area contributed by atoms with E-state index in [4.69, 9.17) is 11.6 Å². The first kappa shape index (κ1) is 19.4. The maximum atomic E-state index is 13.3. The van der Waals surface area contributed by atoms with Crippen LogP contribution in [0.1, 0.15) is 17.5 Å². The Morgan fingerprint density at radius 3 is 1.97 bits per heavy atom. The number of anilines is 1. The smallest absolute Gasteiger partial charge is 0.251 e. The predicted octanol–water partition coefficient (Wildman–Crippen LogP) is 4.67. The monoisotopic (exact) mass is 404 g/mol. The largest absolute Gasteiger partial charge is 0.283 e. The van der Waals surface area contributed by atoms with Gasteiger partial charge in [-0.1, -0.05) is 78.3 Å². The van der Waals surface area contributed by atoms with E-state index in [1.165, 1.54) is 4.90 Å². The molecule has 1 atom stereocenters. The van der Waals surface area contributed by atoms with Gasteiger partial charge in [0.25, 0.3) is 5.91 Å². The zero-order valence-electron chi connectivity index (χ0n) is 15.9. The number of rotatable bonds is 6. The molecule has 1 heterocycles. The Bertz CT molecular complexity index is 966. The first-order valence-corrected chi connectivity index (χ1v) is 9.94. The molecule has 146 valence electrons. The molecule has 0 radical (unpaired) electrons. The summed E-state index contributed by atoms with van der Waals surface area (Å²) in [7, 11) is 0. The molecule has 1 fully saturated rings. The van der Waals surface area contributed by atoms with Crippen molar-refractivity contribution in [2.45, 2.75) is 25.6 Å². The summed E-state index contributed by atoms with van der Waals surface area (Å²) in [6.07, 6.45) is 0.158. The number of hydrogen-bond donors (Lipinski definition) is 0. The summed E-state index contributed by atoms with van der Waals surface area (Å²) in [6, 6.07) is 26.4. The minimum Gasteiger partial charge on any atom is -0.283 e. The molecule has 2 amide bonds. The maximum Gasteiger partial charge on any atom is 0.251 e. The van der Waals surface area contributed by atoms with Crippen molar-refractivity contribution in [3.8, 4) is 0 Å². The fourth-order valence-electron chi connectivity index (χ4n) is 3.70. The average molecular weight is 405 g/mol. The third-order valence-corrected chi connectivity index (χ3v) is 5.32. The molecule has 0 aliphatic carbocycles. The highest BCUT2D eigenvalue weighted by Gasteiger charge is 2.42. The Hall–Kier alpha value is -2.95. The van der Waals surface area contributed by atoms with Gasteiger partial charge in [0.05, 0.1) is 18.2 Å². The molecule has 5 heteroatoms. The van der Waals surface area contributed by atoms with E-state index in [0.29, 0.717) is 23.8 Å². The molecule has 3 aromatic rings. The van der Waals surface area contributed by atoms with Gasteiger partial charge in [-0.3, -0.25) is 14.5 Å². The minimum atomic E-state index is -0.512. The molecule has 0 saturated carbocycles. The van der Waals surface area contributed by atoms with Gasteiger partial charge in [0.2, 0.25) is 5.91 Å². The zero-order chi connectivity index (χ0) is 20.2. The Balaban J connectivity index is 1.63. The summed E-state index contributed by atoms with van der Waals surface area (Å²) < 4.78 is 0. The van der Waals surface area contributed by atoms with Crippen LogP contribution < -0.4 is 4.90 Å². The second-order valence-electron chi connectivity index (χ2n) is 7.14. The first-order chi connectivity index (χ1) is 14.1. The third kappa shape index (κ3) is 4.39. The van der Waals surface area contributed by atoms with Crippen LogP contribution in [0.5, 0.6) is 0 Å². The maximum absolute atomic E-state index is 13.3. The SMILES string of the molecule is O=C1C[C@H](N(Cc2ccccc2)Cc2ccccc2)C(=O)N1c1cccc(Cl)c1. The number of amides is 2. The van der Waals surface area contributed by atoms with Gasteiger partial charge in [-0.15, -0.1) is 0 Å². The highest BCUT2D eigenvalue weighted by molar-refractivity contribution is 6.31. The van der Waals surface area contributed by atoms with Gasteiger partial charge >= 0.3 is 0 Å². The molecule has 1 aliphatic heterocycles. The molecule has 29 heavy (non-hydrogen) atoms. The van der Waals surface area contributed by atoms with E-state index in [2.05, 4.69) is 4.90 Å². The summed E-state index contributed by atoms with van der Waals surface area (Å²) >= 11 is 6.07. The quantitative estimate of drug-likeness (QED) is 0.560. The lowest BCUT2D eigenvalue weighted by atomic mass is 10.1. The highest BCUT2D eigenvalue weighted by atomic mass is 35.5. The number of benzene rings is 3. The molecular weight excluding hydrogens is 384 g/mol. The van der Waals surface area contributed by atoms with Gasteiger partial charge in [-0.05, 0) is 29.3 Å². The lowest BCUT2D eigenvalue weighted by Gasteiger charge is -2.27. The van der Waals surface area contributed by atoms with Gasteiger partial charge < -0.3 is 0 Å². The molecule has 1 saturated heterocycles. The van der Waals surface area contributed by atoms with E-state index in [1.807, 2.05) is 60.7 Å². The number of carbonyl (C=O) groups is 2. The Kier molecular flexibility index (Phi) is 5.74. The molecule has 1 aliphatic rings. The predicted molar refractivity (Wildman–Crippen MR) is 114 cm³/mol. The van der Waals surface area contributed by atoms with Crippen molar-refractivity contribution in [3.05, 3.63) is 101 Å². The van der Waals surface area contributed by atoms with Crippen LogP contribution in [0, 0.1) is 0 Å².